The van der Waals surface area contributed by atoms with E-state index in [1.54, 1.807) is 31.2 Å². The fraction of sp³-hybridized carbons (Fsp3) is 0.150. The van der Waals surface area contributed by atoms with Crippen LogP contribution in [0.5, 0.6) is 5.75 Å². The first-order valence-corrected chi connectivity index (χ1v) is 8.10. The molecular weight excluding hydrogens is 319 g/mol. The quantitative estimate of drug-likeness (QED) is 0.740. The lowest BCUT2D eigenvalue weighted by atomic mass is 10.1. The lowest BCUT2D eigenvalue weighted by Crippen LogP contribution is -2.22. The molecular formula is C20H19FN2O2. The first-order chi connectivity index (χ1) is 12.2. The summed E-state index contributed by atoms with van der Waals surface area (Å²) in [5.74, 6) is -0.406. The number of nitrogens with zero attached hydrogens (tertiary/aromatic N) is 1. The third kappa shape index (κ3) is 4.07. The molecule has 0 saturated heterocycles. The Kier molecular flexibility index (Phi) is 5.14. The molecule has 128 valence electrons. The lowest BCUT2D eigenvalue weighted by Gasteiger charge is -2.09. The maximum Gasteiger partial charge on any atom is 0.251 e. The van der Waals surface area contributed by atoms with Crippen molar-refractivity contribution in [3.05, 3.63) is 83.9 Å². The van der Waals surface area contributed by atoms with Crippen LogP contribution in [0.2, 0.25) is 0 Å². The molecule has 0 aliphatic carbocycles. The zero-order chi connectivity index (χ0) is 17.6. The Morgan fingerprint density at radius 2 is 1.84 bits per heavy atom. The molecule has 1 amide bonds. The number of carbonyl (C=O) groups is 1. The predicted octanol–water partition coefficient (Wildman–Crippen LogP) is 3.95. The van der Waals surface area contributed by atoms with Crippen LogP contribution in [0.4, 0.5) is 4.39 Å². The third-order valence-electron chi connectivity index (χ3n) is 3.78. The van der Waals surface area contributed by atoms with Gasteiger partial charge in [-0.2, -0.15) is 0 Å². The van der Waals surface area contributed by atoms with Gasteiger partial charge in [-0.25, -0.2) is 4.39 Å². The van der Waals surface area contributed by atoms with Crippen molar-refractivity contribution in [3.63, 3.8) is 0 Å². The smallest absolute Gasteiger partial charge is 0.251 e. The van der Waals surface area contributed by atoms with Crippen molar-refractivity contribution in [1.82, 2.24) is 9.88 Å². The summed E-state index contributed by atoms with van der Waals surface area (Å²) in [5.41, 5.74) is 2.22. The van der Waals surface area contributed by atoms with Gasteiger partial charge in [0.15, 0.2) is 11.6 Å². The Labute approximate surface area is 145 Å². The fourth-order valence-electron chi connectivity index (χ4n) is 2.50. The first-order valence-electron chi connectivity index (χ1n) is 8.10. The summed E-state index contributed by atoms with van der Waals surface area (Å²) in [6, 6.07) is 15.9. The minimum atomic E-state index is -0.426. The molecule has 1 N–H and O–H groups in total. The summed E-state index contributed by atoms with van der Waals surface area (Å²) in [5, 5.41) is 2.79. The van der Waals surface area contributed by atoms with Crippen LogP contribution in [0.15, 0.2) is 67.0 Å². The molecule has 4 nitrogen and oxygen atoms in total. The summed E-state index contributed by atoms with van der Waals surface area (Å²) in [6.45, 7) is 2.46. The summed E-state index contributed by atoms with van der Waals surface area (Å²) < 4.78 is 21.0. The highest BCUT2D eigenvalue weighted by atomic mass is 19.1. The zero-order valence-electron chi connectivity index (χ0n) is 13.9. The number of ether oxygens (including phenoxy) is 1. The van der Waals surface area contributed by atoms with Crippen LogP contribution in [-0.2, 0) is 6.54 Å². The Hall–Kier alpha value is -3.08. The van der Waals surface area contributed by atoms with E-state index in [9.17, 15) is 9.18 Å². The summed E-state index contributed by atoms with van der Waals surface area (Å²) in [4.78, 5) is 12.2. The minimum absolute atomic E-state index is 0.201. The van der Waals surface area contributed by atoms with Gasteiger partial charge in [-0.05, 0) is 61.0 Å². The fourth-order valence-corrected chi connectivity index (χ4v) is 2.50. The average Bonchev–Trinajstić information content (AvgIpc) is 3.17. The van der Waals surface area contributed by atoms with Crippen LogP contribution < -0.4 is 10.1 Å². The number of hydrogen-bond acceptors (Lipinski definition) is 2. The van der Waals surface area contributed by atoms with E-state index in [1.807, 2.05) is 41.2 Å². The molecule has 25 heavy (non-hydrogen) atoms. The third-order valence-corrected chi connectivity index (χ3v) is 3.78. The zero-order valence-corrected chi connectivity index (χ0v) is 13.9. The standard InChI is InChI=1S/C20H19FN2O2/c1-2-25-19-10-5-15(13-18(19)21)14-22-20(24)16-6-8-17(9-7-16)23-11-3-4-12-23/h3-13H,2,14H2,1H3,(H,22,24). The Morgan fingerprint density at radius 1 is 1.12 bits per heavy atom. The van der Waals surface area contributed by atoms with Crippen LogP contribution >= 0.6 is 0 Å². The number of aromatic nitrogens is 1. The Bertz CT molecular complexity index is 843. The van der Waals surface area contributed by atoms with E-state index in [-0.39, 0.29) is 18.2 Å². The van der Waals surface area contributed by atoms with E-state index in [0.29, 0.717) is 17.7 Å². The molecule has 3 aromatic rings. The molecule has 0 unspecified atom stereocenters. The maximum atomic E-state index is 13.8. The van der Waals surface area contributed by atoms with Crippen molar-refractivity contribution in [1.29, 1.82) is 0 Å². The van der Waals surface area contributed by atoms with Crippen LogP contribution in [-0.4, -0.2) is 17.1 Å². The summed E-state index contributed by atoms with van der Waals surface area (Å²) in [7, 11) is 0. The summed E-state index contributed by atoms with van der Waals surface area (Å²) in [6.07, 6.45) is 3.88. The van der Waals surface area contributed by atoms with Gasteiger partial charge in [0.1, 0.15) is 0 Å². The molecule has 0 aliphatic rings. The molecule has 3 rings (SSSR count). The van der Waals surface area contributed by atoms with Gasteiger partial charge in [0.25, 0.3) is 5.91 Å². The second kappa shape index (κ2) is 7.66. The largest absolute Gasteiger partial charge is 0.491 e. The molecule has 0 bridgehead atoms. The van der Waals surface area contributed by atoms with Gasteiger partial charge in [0.05, 0.1) is 6.61 Å². The lowest BCUT2D eigenvalue weighted by molar-refractivity contribution is 0.0951. The van der Waals surface area contributed by atoms with Crippen molar-refractivity contribution in [3.8, 4) is 11.4 Å². The second-order valence-electron chi connectivity index (χ2n) is 5.52. The molecule has 5 heteroatoms. The normalized spacial score (nSPS) is 10.5. The van der Waals surface area contributed by atoms with E-state index >= 15 is 0 Å². The van der Waals surface area contributed by atoms with Crippen LogP contribution in [0.1, 0.15) is 22.8 Å². The van der Waals surface area contributed by atoms with Crippen molar-refractivity contribution in [2.75, 3.05) is 6.61 Å². The number of nitrogens with one attached hydrogen (secondary N) is 1. The van der Waals surface area contributed by atoms with E-state index in [0.717, 1.165) is 5.69 Å². The predicted molar refractivity (Wildman–Crippen MR) is 94.5 cm³/mol. The highest BCUT2D eigenvalue weighted by Crippen LogP contribution is 2.18. The molecule has 1 aromatic heterocycles. The number of rotatable bonds is 6. The highest BCUT2D eigenvalue weighted by molar-refractivity contribution is 5.94. The van der Waals surface area contributed by atoms with Crippen LogP contribution in [0, 0.1) is 5.82 Å². The topological polar surface area (TPSA) is 43.3 Å². The highest BCUT2D eigenvalue weighted by Gasteiger charge is 2.08. The molecule has 0 aliphatic heterocycles. The molecule has 0 fully saturated rings. The van der Waals surface area contributed by atoms with E-state index < -0.39 is 5.82 Å². The number of benzene rings is 2. The molecule has 2 aromatic carbocycles. The monoisotopic (exact) mass is 338 g/mol. The SMILES string of the molecule is CCOc1ccc(CNC(=O)c2ccc(-n3cccc3)cc2)cc1F. The van der Waals surface area contributed by atoms with Gasteiger partial charge in [0.2, 0.25) is 0 Å². The van der Waals surface area contributed by atoms with Gasteiger partial charge < -0.3 is 14.6 Å². The molecule has 0 spiro atoms. The van der Waals surface area contributed by atoms with Gasteiger partial charge in [-0.1, -0.05) is 6.07 Å². The average molecular weight is 338 g/mol. The van der Waals surface area contributed by atoms with Crippen molar-refractivity contribution >= 4 is 5.91 Å². The van der Waals surface area contributed by atoms with Crippen molar-refractivity contribution < 1.29 is 13.9 Å². The second-order valence-corrected chi connectivity index (χ2v) is 5.52. The van der Waals surface area contributed by atoms with Crippen molar-refractivity contribution in [2.45, 2.75) is 13.5 Å². The van der Waals surface area contributed by atoms with E-state index in [1.165, 1.54) is 6.07 Å². The van der Waals surface area contributed by atoms with Gasteiger partial charge in [-0.15, -0.1) is 0 Å². The maximum absolute atomic E-state index is 13.8. The van der Waals surface area contributed by atoms with Crippen LogP contribution in [0.25, 0.3) is 5.69 Å². The van der Waals surface area contributed by atoms with E-state index in [2.05, 4.69) is 5.32 Å². The number of carbonyl (C=O) groups excluding carboxylic acids is 1. The molecule has 1 heterocycles. The van der Waals surface area contributed by atoms with Gasteiger partial charge in [-0.3, -0.25) is 4.79 Å². The molecule has 0 atom stereocenters. The summed E-state index contributed by atoms with van der Waals surface area (Å²) >= 11 is 0. The minimum Gasteiger partial charge on any atom is -0.491 e. The van der Waals surface area contributed by atoms with Crippen LogP contribution in [0.3, 0.4) is 0 Å². The first kappa shape index (κ1) is 16.8. The Balaban J connectivity index is 1.61. The Morgan fingerprint density at radius 3 is 2.48 bits per heavy atom. The van der Waals surface area contributed by atoms with Gasteiger partial charge >= 0.3 is 0 Å². The number of amides is 1. The van der Waals surface area contributed by atoms with E-state index in [4.69, 9.17) is 4.74 Å². The molecule has 0 saturated carbocycles. The number of halogens is 1. The molecule has 0 radical (unpaired) electrons. The number of hydrogen-bond donors (Lipinski definition) is 1. The van der Waals surface area contributed by atoms with Crippen molar-refractivity contribution in [2.24, 2.45) is 0 Å². The van der Waals surface area contributed by atoms with Gasteiger partial charge in [0, 0.05) is 30.2 Å².